The second-order valence-electron chi connectivity index (χ2n) is 6.53. The molecule has 0 bridgehead atoms. The van der Waals surface area contributed by atoms with Gasteiger partial charge >= 0.3 is 0 Å². The lowest BCUT2D eigenvalue weighted by Crippen LogP contribution is -2.30. The van der Waals surface area contributed by atoms with Gasteiger partial charge in [-0.25, -0.2) is 15.0 Å². The number of nitrogens with two attached hydrogens (primary N) is 1. The Morgan fingerprint density at radius 2 is 1.92 bits per heavy atom. The van der Waals surface area contributed by atoms with Gasteiger partial charge in [-0.2, -0.15) is 0 Å². The molecule has 0 atom stereocenters. The molecule has 6 heteroatoms. The molecule has 0 aliphatic heterocycles. The number of nitrogen functional groups attached to an aromatic ring is 1. The van der Waals surface area contributed by atoms with Crippen molar-refractivity contribution in [3.63, 3.8) is 0 Å². The van der Waals surface area contributed by atoms with Crippen molar-refractivity contribution in [3.05, 3.63) is 48.5 Å². The van der Waals surface area contributed by atoms with Gasteiger partial charge in [0.1, 0.15) is 11.8 Å². The average Bonchev–Trinajstić information content (AvgIpc) is 2.98. The van der Waals surface area contributed by atoms with Crippen LogP contribution < -0.4 is 5.73 Å². The highest BCUT2D eigenvalue weighted by Crippen LogP contribution is 2.35. The summed E-state index contributed by atoms with van der Waals surface area (Å²) in [5.41, 5.74) is 8.58. The first-order chi connectivity index (χ1) is 11.8. The van der Waals surface area contributed by atoms with Crippen LogP contribution in [0.25, 0.3) is 11.2 Å². The van der Waals surface area contributed by atoms with Crippen molar-refractivity contribution in [1.29, 1.82) is 0 Å². The second kappa shape index (κ2) is 6.57. The van der Waals surface area contributed by atoms with Gasteiger partial charge in [-0.3, -0.25) is 0 Å². The summed E-state index contributed by atoms with van der Waals surface area (Å²) in [6, 6.07) is 10.3. The highest BCUT2D eigenvalue weighted by Gasteiger charge is 2.29. The van der Waals surface area contributed by atoms with Crippen LogP contribution in [0.4, 0.5) is 5.82 Å². The van der Waals surface area contributed by atoms with Crippen LogP contribution in [0.3, 0.4) is 0 Å². The summed E-state index contributed by atoms with van der Waals surface area (Å²) in [5, 5.41) is 0. The molecule has 0 amide bonds. The molecule has 124 valence electrons. The number of rotatable bonds is 6. The first-order valence-corrected chi connectivity index (χ1v) is 8.32. The third-order valence-electron chi connectivity index (χ3n) is 4.68. The Labute approximate surface area is 140 Å². The molecule has 2 heterocycles. The Hall–Kier alpha value is -2.47. The minimum atomic E-state index is 0.444. The number of benzene rings is 1. The predicted molar refractivity (Wildman–Crippen MR) is 92.0 cm³/mol. The lowest BCUT2D eigenvalue weighted by molar-refractivity contribution is 0.0304. The Morgan fingerprint density at radius 3 is 2.75 bits per heavy atom. The number of hydrogen-bond donors (Lipinski definition) is 1. The summed E-state index contributed by atoms with van der Waals surface area (Å²) in [6.07, 6.45) is 5.69. The quantitative estimate of drug-likeness (QED) is 0.754. The zero-order valence-electron chi connectivity index (χ0n) is 13.5. The second-order valence-corrected chi connectivity index (χ2v) is 6.53. The lowest BCUT2D eigenvalue weighted by atomic mass is 9.75. The van der Waals surface area contributed by atoms with Crippen LogP contribution in [0.15, 0.2) is 43.0 Å². The van der Waals surface area contributed by atoms with Gasteiger partial charge in [0.15, 0.2) is 11.5 Å². The van der Waals surface area contributed by atoms with E-state index in [2.05, 4.69) is 31.7 Å². The topological polar surface area (TPSA) is 78.9 Å². The minimum absolute atomic E-state index is 0.444. The first kappa shape index (κ1) is 15.1. The Bertz CT molecular complexity index is 811. The number of aromatic nitrogens is 4. The fourth-order valence-corrected chi connectivity index (χ4v) is 3.39. The Kier molecular flexibility index (Phi) is 4.13. The van der Waals surface area contributed by atoms with Crippen LogP contribution in [0.5, 0.6) is 0 Å². The number of imidazole rings is 1. The fourth-order valence-electron chi connectivity index (χ4n) is 3.39. The molecule has 0 unspecified atom stereocenters. The van der Waals surface area contributed by atoms with E-state index < -0.39 is 0 Å². The van der Waals surface area contributed by atoms with Crippen molar-refractivity contribution in [2.75, 3.05) is 12.3 Å². The number of ether oxygens (including phenoxy) is 1. The molecule has 2 N–H and O–H groups in total. The maximum atomic E-state index is 5.84. The van der Waals surface area contributed by atoms with Crippen LogP contribution in [-0.4, -0.2) is 26.1 Å². The summed E-state index contributed by atoms with van der Waals surface area (Å²) < 4.78 is 7.92. The molecule has 1 saturated carbocycles. The molecule has 4 rings (SSSR count). The number of anilines is 1. The van der Waals surface area contributed by atoms with E-state index in [1.807, 2.05) is 24.5 Å². The minimum Gasteiger partial charge on any atom is -0.382 e. The van der Waals surface area contributed by atoms with Crippen LogP contribution in [-0.2, 0) is 17.9 Å². The molecule has 1 aromatic carbocycles. The smallest absolute Gasteiger partial charge is 0.165 e. The molecule has 0 saturated heterocycles. The molecule has 3 aromatic rings. The normalized spacial score (nSPS) is 20.2. The van der Waals surface area contributed by atoms with Crippen molar-refractivity contribution < 1.29 is 4.74 Å². The molecule has 2 aromatic heterocycles. The molecule has 6 nitrogen and oxygen atoms in total. The van der Waals surface area contributed by atoms with Crippen LogP contribution in [0.2, 0.25) is 0 Å². The number of nitrogens with zero attached hydrogens (tertiary/aromatic N) is 4. The summed E-state index contributed by atoms with van der Waals surface area (Å²) in [7, 11) is 0. The number of hydrogen-bond acceptors (Lipinski definition) is 5. The maximum absolute atomic E-state index is 5.84. The first-order valence-electron chi connectivity index (χ1n) is 8.32. The van der Waals surface area contributed by atoms with E-state index in [1.165, 1.54) is 24.7 Å². The molecule has 1 aliphatic rings. The summed E-state index contributed by atoms with van der Waals surface area (Å²) in [4.78, 5) is 12.6. The molecule has 1 fully saturated rings. The summed E-state index contributed by atoms with van der Waals surface area (Å²) in [5.74, 6) is 1.76. The molecular formula is C18H21N5O. The summed E-state index contributed by atoms with van der Waals surface area (Å²) in [6.45, 7) is 2.47. The van der Waals surface area contributed by atoms with Gasteiger partial charge in [0, 0.05) is 13.2 Å². The third kappa shape index (κ3) is 3.10. The van der Waals surface area contributed by atoms with E-state index in [4.69, 9.17) is 10.5 Å². The van der Waals surface area contributed by atoms with Crippen molar-refractivity contribution in [1.82, 2.24) is 19.5 Å². The van der Waals surface area contributed by atoms with Crippen molar-refractivity contribution in [2.24, 2.45) is 11.8 Å². The number of fused-ring (bicyclic) bond motifs is 1. The average molecular weight is 323 g/mol. The largest absolute Gasteiger partial charge is 0.382 e. The van der Waals surface area contributed by atoms with E-state index in [0.29, 0.717) is 29.8 Å². The zero-order chi connectivity index (χ0) is 16.4. The van der Waals surface area contributed by atoms with Crippen LogP contribution in [0.1, 0.15) is 18.4 Å². The fraction of sp³-hybridized carbons (Fsp3) is 0.389. The monoisotopic (exact) mass is 323 g/mol. The standard InChI is InChI=1S/C18H21N5O/c19-17-16-18(21-11-20-17)23(12-22-16)8-14-6-15(7-14)10-24-9-13-4-2-1-3-5-13/h1-5,11-12,14-15H,6-10H2,(H2,19,20,21)/t14-,15+. The van der Waals surface area contributed by atoms with Gasteiger partial charge < -0.3 is 15.0 Å². The van der Waals surface area contributed by atoms with Gasteiger partial charge in [0.2, 0.25) is 0 Å². The SMILES string of the molecule is Nc1ncnc2c1ncn2C[C@H]1C[C@@H](COCc2ccccc2)C1. The Morgan fingerprint density at radius 1 is 1.08 bits per heavy atom. The van der Waals surface area contributed by atoms with E-state index in [0.717, 1.165) is 18.8 Å². The van der Waals surface area contributed by atoms with Crippen LogP contribution >= 0.6 is 0 Å². The van der Waals surface area contributed by atoms with Crippen LogP contribution in [0, 0.1) is 11.8 Å². The van der Waals surface area contributed by atoms with Crippen molar-refractivity contribution in [2.45, 2.75) is 26.0 Å². The van der Waals surface area contributed by atoms with Gasteiger partial charge in [0.05, 0.1) is 12.9 Å². The van der Waals surface area contributed by atoms with E-state index in [1.54, 1.807) is 0 Å². The molecule has 1 aliphatic carbocycles. The van der Waals surface area contributed by atoms with E-state index in [9.17, 15) is 0 Å². The molecule has 0 spiro atoms. The van der Waals surface area contributed by atoms with Crippen molar-refractivity contribution in [3.8, 4) is 0 Å². The van der Waals surface area contributed by atoms with Crippen molar-refractivity contribution >= 4 is 17.0 Å². The van der Waals surface area contributed by atoms with Gasteiger partial charge in [0.25, 0.3) is 0 Å². The lowest BCUT2D eigenvalue weighted by Gasteiger charge is -2.35. The van der Waals surface area contributed by atoms with E-state index >= 15 is 0 Å². The Balaban J connectivity index is 1.25. The zero-order valence-corrected chi connectivity index (χ0v) is 13.5. The maximum Gasteiger partial charge on any atom is 0.165 e. The highest BCUT2D eigenvalue weighted by molar-refractivity contribution is 5.81. The van der Waals surface area contributed by atoms with Gasteiger partial charge in [-0.15, -0.1) is 0 Å². The molecule has 0 radical (unpaired) electrons. The van der Waals surface area contributed by atoms with E-state index in [-0.39, 0.29) is 0 Å². The predicted octanol–water partition coefficient (Wildman–Crippen LogP) is 2.65. The highest BCUT2D eigenvalue weighted by atomic mass is 16.5. The van der Waals surface area contributed by atoms with Gasteiger partial charge in [-0.1, -0.05) is 30.3 Å². The summed E-state index contributed by atoms with van der Waals surface area (Å²) >= 11 is 0. The van der Waals surface area contributed by atoms with Gasteiger partial charge in [-0.05, 0) is 30.2 Å². The third-order valence-corrected chi connectivity index (χ3v) is 4.68. The molecule has 24 heavy (non-hydrogen) atoms. The molecular weight excluding hydrogens is 302 g/mol.